The maximum Gasteiger partial charge on any atom is 0.257 e. The molecule has 1 unspecified atom stereocenters. The number of benzene rings is 2. The van der Waals surface area contributed by atoms with Gasteiger partial charge in [0.1, 0.15) is 0 Å². The first-order valence-corrected chi connectivity index (χ1v) is 9.58. The molecular weight excluding hydrogens is 428 g/mol. The molecule has 1 aliphatic rings. The summed E-state index contributed by atoms with van der Waals surface area (Å²) in [5.74, 6) is -0.244. The van der Waals surface area contributed by atoms with Crippen LogP contribution in [0.25, 0.3) is 0 Å². The van der Waals surface area contributed by atoms with Crippen LogP contribution in [0.15, 0.2) is 65.3 Å². The number of carbonyl (C=O) groups excluding carboxylic acids is 1. The van der Waals surface area contributed by atoms with Gasteiger partial charge in [-0.3, -0.25) is 14.7 Å². The van der Waals surface area contributed by atoms with Crippen LogP contribution in [-0.4, -0.2) is 20.9 Å². The minimum Gasteiger partial charge on any atom is -0.363 e. The fraction of sp³-hybridized carbons (Fsp3) is 0.143. The van der Waals surface area contributed by atoms with Crippen molar-refractivity contribution in [2.45, 2.75) is 19.2 Å². The predicted octanol–water partition coefficient (Wildman–Crippen LogP) is 4.66. The molecule has 4 nitrogen and oxygen atoms in total. The van der Waals surface area contributed by atoms with Crippen LogP contribution in [0.5, 0.6) is 0 Å². The summed E-state index contributed by atoms with van der Waals surface area (Å²) in [5, 5.41) is 12.3. The van der Waals surface area contributed by atoms with E-state index in [9.17, 15) is 9.90 Å². The highest BCUT2D eigenvalue weighted by Gasteiger charge is 2.50. The summed E-state index contributed by atoms with van der Waals surface area (Å²) in [5.41, 5.74) is 1.73. The highest BCUT2D eigenvalue weighted by Crippen LogP contribution is 2.44. The minimum atomic E-state index is -1.59. The van der Waals surface area contributed by atoms with Gasteiger partial charge in [-0.2, -0.15) is 0 Å². The van der Waals surface area contributed by atoms with Crippen LogP contribution in [0, 0.1) is 6.92 Å². The number of hydrogen-bond donors (Lipinski definition) is 1. The number of rotatable bonds is 3. The Morgan fingerprint density at radius 2 is 1.89 bits per heavy atom. The molecule has 0 aliphatic carbocycles. The Kier molecular flexibility index (Phi) is 4.54. The first-order valence-electron chi connectivity index (χ1n) is 8.41. The fourth-order valence-electron chi connectivity index (χ4n) is 3.37. The standard InChI is InChI=1S/C21H16BrClN2O2/c1-13-2-8-17(24-11-13)12-25-20(26)18-10-15(22)5-9-19(18)21(25,27)14-3-6-16(23)7-4-14/h2-11,27H,12H2,1H3. The Hall–Kier alpha value is -2.21. The summed E-state index contributed by atoms with van der Waals surface area (Å²) in [4.78, 5) is 19.0. The minimum absolute atomic E-state index is 0.185. The van der Waals surface area contributed by atoms with Crippen LogP contribution in [0.4, 0.5) is 0 Å². The Labute approximate surface area is 170 Å². The molecule has 0 radical (unpaired) electrons. The van der Waals surface area contributed by atoms with Crippen molar-refractivity contribution < 1.29 is 9.90 Å². The molecule has 0 bridgehead atoms. The lowest BCUT2D eigenvalue weighted by Gasteiger charge is -2.34. The maximum absolute atomic E-state index is 13.2. The zero-order chi connectivity index (χ0) is 19.2. The van der Waals surface area contributed by atoms with Gasteiger partial charge in [0.05, 0.1) is 12.2 Å². The molecule has 1 aliphatic heterocycles. The zero-order valence-corrected chi connectivity index (χ0v) is 16.8. The van der Waals surface area contributed by atoms with Crippen LogP contribution >= 0.6 is 27.5 Å². The van der Waals surface area contributed by atoms with Gasteiger partial charge in [-0.05, 0) is 42.8 Å². The number of amides is 1. The molecular formula is C21H16BrClN2O2. The average Bonchev–Trinajstić information content (AvgIpc) is 2.86. The monoisotopic (exact) mass is 442 g/mol. The van der Waals surface area contributed by atoms with Gasteiger partial charge in [0.25, 0.3) is 5.91 Å². The average molecular weight is 444 g/mol. The van der Waals surface area contributed by atoms with Crippen molar-refractivity contribution in [3.8, 4) is 0 Å². The van der Waals surface area contributed by atoms with Gasteiger partial charge in [-0.1, -0.05) is 51.8 Å². The molecule has 1 amide bonds. The number of hydrogen-bond acceptors (Lipinski definition) is 3. The molecule has 3 aromatic rings. The molecule has 0 fully saturated rings. The van der Waals surface area contributed by atoms with Crippen molar-refractivity contribution in [2.24, 2.45) is 0 Å². The number of aromatic nitrogens is 1. The van der Waals surface area contributed by atoms with Gasteiger partial charge < -0.3 is 5.11 Å². The highest BCUT2D eigenvalue weighted by molar-refractivity contribution is 9.10. The highest BCUT2D eigenvalue weighted by atomic mass is 79.9. The first kappa shape index (κ1) is 18.2. The number of fused-ring (bicyclic) bond motifs is 1. The Morgan fingerprint density at radius 3 is 2.56 bits per heavy atom. The molecule has 1 aromatic heterocycles. The topological polar surface area (TPSA) is 53.4 Å². The molecule has 1 atom stereocenters. The van der Waals surface area contributed by atoms with Crippen molar-refractivity contribution in [3.05, 3.63) is 98.2 Å². The lowest BCUT2D eigenvalue weighted by molar-refractivity contribution is -0.0547. The second-order valence-corrected chi connectivity index (χ2v) is 7.94. The summed E-state index contributed by atoms with van der Waals surface area (Å²) in [7, 11) is 0. The van der Waals surface area contributed by atoms with E-state index in [2.05, 4.69) is 20.9 Å². The fourth-order valence-corrected chi connectivity index (χ4v) is 3.86. The van der Waals surface area contributed by atoms with Crippen molar-refractivity contribution in [3.63, 3.8) is 0 Å². The van der Waals surface area contributed by atoms with Gasteiger partial charge in [-0.15, -0.1) is 0 Å². The number of halogens is 2. The van der Waals surface area contributed by atoms with Crippen LogP contribution in [-0.2, 0) is 12.3 Å². The van der Waals surface area contributed by atoms with E-state index in [0.717, 1.165) is 10.0 Å². The van der Waals surface area contributed by atoms with Crippen molar-refractivity contribution in [1.29, 1.82) is 0 Å². The molecule has 27 heavy (non-hydrogen) atoms. The van der Waals surface area contributed by atoms with Gasteiger partial charge in [-0.25, -0.2) is 0 Å². The van der Waals surface area contributed by atoms with E-state index in [1.165, 1.54) is 4.90 Å². The number of aliphatic hydroxyl groups is 1. The normalized spacial score (nSPS) is 18.7. The number of aryl methyl sites for hydroxylation is 1. The molecule has 2 aromatic carbocycles. The van der Waals surface area contributed by atoms with Crippen molar-refractivity contribution in [2.75, 3.05) is 0 Å². The Bertz CT molecular complexity index is 1020. The Morgan fingerprint density at radius 1 is 1.15 bits per heavy atom. The molecule has 6 heteroatoms. The SMILES string of the molecule is Cc1ccc(CN2C(=O)c3cc(Br)ccc3C2(O)c2ccc(Cl)cc2)nc1. The van der Waals surface area contributed by atoms with Gasteiger partial charge in [0.15, 0.2) is 5.72 Å². The van der Waals surface area contributed by atoms with Crippen molar-refractivity contribution >= 4 is 33.4 Å². The third-order valence-corrected chi connectivity index (χ3v) is 5.51. The zero-order valence-electron chi connectivity index (χ0n) is 14.5. The summed E-state index contributed by atoms with van der Waals surface area (Å²) < 4.78 is 0.781. The predicted molar refractivity (Wildman–Crippen MR) is 107 cm³/mol. The first-order chi connectivity index (χ1) is 12.9. The van der Waals surface area contributed by atoms with Gasteiger partial charge in [0, 0.05) is 32.4 Å². The quantitative estimate of drug-likeness (QED) is 0.641. The largest absolute Gasteiger partial charge is 0.363 e. The maximum atomic E-state index is 13.2. The Balaban J connectivity index is 1.86. The summed E-state index contributed by atoms with van der Waals surface area (Å²) in [6, 6.07) is 16.0. The molecule has 0 saturated heterocycles. The summed E-state index contributed by atoms with van der Waals surface area (Å²) in [6.45, 7) is 2.14. The third kappa shape index (κ3) is 3.06. The van der Waals surface area contributed by atoms with E-state index in [1.807, 2.05) is 25.1 Å². The molecule has 0 spiro atoms. The lowest BCUT2D eigenvalue weighted by Crippen LogP contribution is -2.44. The number of nitrogens with zero attached hydrogens (tertiary/aromatic N) is 2. The van der Waals surface area contributed by atoms with Gasteiger partial charge in [0.2, 0.25) is 0 Å². The van der Waals surface area contributed by atoms with Crippen molar-refractivity contribution in [1.82, 2.24) is 9.88 Å². The van der Waals surface area contributed by atoms with E-state index in [1.54, 1.807) is 42.6 Å². The van der Waals surface area contributed by atoms with Gasteiger partial charge >= 0.3 is 0 Å². The molecule has 1 N–H and O–H groups in total. The molecule has 2 heterocycles. The van der Waals surface area contributed by atoms with Crippen LogP contribution in [0.3, 0.4) is 0 Å². The van der Waals surface area contributed by atoms with Crippen LogP contribution in [0.2, 0.25) is 5.02 Å². The van der Waals surface area contributed by atoms with E-state index in [4.69, 9.17) is 11.6 Å². The van der Waals surface area contributed by atoms with Crippen LogP contribution < -0.4 is 0 Å². The van der Waals surface area contributed by atoms with E-state index >= 15 is 0 Å². The molecule has 136 valence electrons. The summed E-state index contributed by atoms with van der Waals surface area (Å²) >= 11 is 9.42. The molecule has 4 rings (SSSR count). The van der Waals surface area contributed by atoms with Crippen LogP contribution in [0.1, 0.15) is 32.7 Å². The third-order valence-electron chi connectivity index (χ3n) is 4.76. The second kappa shape index (κ2) is 6.75. The number of pyridine rings is 1. The lowest BCUT2D eigenvalue weighted by atomic mass is 9.94. The number of carbonyl (C=O) groups is 1. The second-order valence-electron chi connectivity index (χ2n) is 6.59. The van der Waals surface area contributed by atoms with E-state index in [0.29, 0.717) is 27.4 Å². The van der Waals surface area contributed by atoms with E-state index in [-0.39, 0.29) is 12.5 Å². The smallest absolute Gasteiger partial charge is 0.257 e. The summed E-state index contributed by atoms with van der Waals surface area (Å²) in [6.07, 6.45) is 1.75. The molecule has 0 saturated carbocycles. The van der Waals surface area contributed by atoms with E-state index < -0.39 is 5.72 Å².